The fraction of sp³-hybridized carbons (Fsp3) is 0.364. The largest absolute Gasteiger partial charge is 0.356 e. The third-order valence-corrected chi connectivity index (χ3v) is 5.69. The topological polar surface area (TPSA) is 88.4 Å². The number of aryl methyl sites for hydroxylation is 2. The second kappa shape index (κ2) is 11.5. The number of hydrogen-bond donors (Lipinski definition) is 2. The molecular formula is C22H30IN5O2S. The fourth-order valence-corrected chi connectivity index (χ4v) is 4.18. The van der Waals surface area contributed by atoms with E-state index in [2.05, 4.69) is 31.2 Å². The lowest BCUT2D eigenvalue weighted by atomic mass is 10.1. The minimum absolute atomic E-state index is 0. The van der Waals surface area contributed by atoms with Gasteiger partial charge in [-0.05, 0) is 36.6 Å². The van der Waals surface area contributed by atoms with E-state index in [0.29, 0.717) is 6.54 Å². The summed E-state index contributed by atoms with van der Waals surface area (Å²) in [6.45, 7) is 4.33. The van der Waals surface area contributed by atoms with Crippen LogP contribution in [0.1, 0.15) is 23.4 Å². The molecule has 0 aliphatic heterocycles. The Balaban J connectivity index is 0.00000341. The summed E-state index contributed by atoms with van der Waals surface area (Å²) in [5.74, 6) is 1.83. The van der Waals surface area contributed by atoms with Crippen LogP contribution in [0.25, 0.3) is 11.0 Å². The highest BCUT2D eigenvalue weighted by molar-refractivity contribution is 14.0. The predicted octanol–water partition coefficient (Wildman–Crippen LogP) is 3.26. The molecular weight excluding hydrogens is 525 g/mol. The molecule has 0 radical (unpaired) electrons. The Hall–Kier alpha value is -2.14. The van der Waals surface area contributed by atoms with Crippen molar-refractivity contribution in [3.8, 4) is 0 Å². The first-order valence-electron chi connectivity index (χ1n) is 9.97. The molecule has 0 saturated carbocycles. The predicted molar refractivity (Wildman–Crippen MR) is 138 cm³/mol. The number of sulfone groups is 1. The third kappa shape index (κ3) is 7.49. The maximum atomic E-state index is 11.4. The second-order valence-corrected chi connectivity index (χ2v) is 9.53. The first kappa shape index (κ1) is 25.1. The van der Waals surface area contributed by atoms with Gasteiger partial charge in [-0.2, -0.15) is 0 Å². The van der Waals surface area contributed by atoms with Crippen molar-refractivity contribution in [3.05, 3.63) is 65.5 Å². The molecule has 0 spiro atoms. The molecule has 0 bridgehead atoms. The normalized spacial score (nSPS) is 11.9. The van der Waals surface area contributed by atoms with Gasteiger partial charge in [0.05, 0.1) is 16.8 Å². The molecule has 31 heavy (non-hydrogen) atoms. The Labute approximate surface area is 201 Å². The third-order valence-electron chi connectivity index (χ3n) is 4.83. The first-order valence-corrected chi connectivity index (χ1v) is 12.0. The van der Waals surface area contributed by atoms with Crippen LogP contribution in [0.5, 0.6) is 0 Å². The summed E-state index contributed by atoms with van der Waals surface area (Å²) < 4.78 is 25.0. The van der Waals surface area contributed by atoms with Gasteiger partial charge < -0.3 is 15.2 Å². The molecule has 3 rings (SSSR count). The van der Waals surface area contributed by atoms with Crippen molar-refractivity contribution >= 4 is 50.8 Å². The van der Waals surface area contributed by atoms with E-state index < -0.39 is 9.84 Å². The highest BCUT2D eigenvalue weighted by Crippen LogP contribution is 2.15. The smallest absolute Gasteiger partial charge is 0.191 e. The van der Waals surface area contributed by atoms with Crippen molar-refractivity contribution in [2.45, 2.75) is 32.2 Å². The fourth-order valence-electron chi connectivity index (χ4n) is 3.38. The summed E-state index contributed by atoms with van der Waals surface area (Å²) in [6, 6.07) is 15.8. The van der Waals surface area contributed by atoms with Gasteiger partial charge in [0, 0.05) is 32.9 Å². The van der Waals surface area contributed by atoms with Crippen molar-refractivity contribution in [2.75, 3.05) is 19.8 Å². The zero-order valence-electron chi connectivity index (χ0n) is 18.1. The zero-order chi connectivity index (χ0) is 21.6. The molecule has 2 aromatic carbocycles. The molecule has 168 valence electrons. The number of fused-ring (bicyclic) bond motifs is 1. The van der Waals surface area contributed by atoms with Crippen molar-refractivity contribution in [1.29, 1.82) is 0 Å². The molecule has 0 fully saturated rings. The summed E-state index contributed by atoms with van der Waals surface area (Å²) in [6.07, 6.45) is 2.19. The number of nitrogens with one attached hydrogen (secondary N) is 2. The number of nitrogens with zero attached hydrogens (tertiary/aromatic N) is 3. The number of hydrogen-bond acceptors (Lipinski definition) is 4. The summed E-state index contributed by atoms with van der Waals surface area (Å²) in [5, 5.41) is 6.63. The Morgan fingerprint density at radius 1 is 1.06 bits per heavy atom. The summed E-state index contributed by atoms with van der Waals surface area (Å²) >= 11 is 0. The molecule has 0 aliphatic rings. The lowest BCUT2D eigenvalue weighted by molar-refractivity contribution is 0.601. The number of guanidine groups is 1. The van der Waals surface area contributed by atoms with Crippen molar-refractivity contribution in [1.82, 2.24) is 20.2 Å². The quantitative estimate of drug-likeness (QED) is 0.193. The van der Waals surface area contributed by atoms with Crippen LogP contribution in [0.15, 0.2) is 53.5 Å². The second-order valence-electron chi connectivity index (χ2n) is 7.39. The van der Waals surface area contributed by atoms with Crippen LogP contribution in [-0.2, 0) is 28.7 Å². The molecule has 1 heterocycles. The van der Waals surface area contributed by atoms with Crippen LogP contribution in [0.3, 0.4) is 0 Å². The first-order chi connectivity index (χ1) is 14.4. The van der Waals surface area contributed by atoms with E-state index in [1.165, 1.54) is 6.26 Å². The van der Waals surface area contributed by atoms with E-state index in [1.807, 2.05) is 49.4 Å². The number of aromatic nitrogens is 2. The molecule has 1 aromatic heterocycles. The van der Waals surface area contributed by atoms with E-state index >= 15 is 0 Å². The molecule has 0 atom stereocenters. The zero-order valence-corrected chi connectivity index (χ0v) is 21.3. The van der Waals surface area contributed by atoms with Gasteiger partial charge in [-0.15, -0.1) is 24.0 Å². The van der Waals surface area contributed by atoms with Gasteiger partial charge in [0.1, 0.15) is 5.82 Å². The van der Waals surface area contributed by atoms with Crippen LogP contribution >= 0.6 is 24.0 Å². The van der Waals surface area contributed by atoms with Gasteiger partial charge >= 0.3 is 0 Å². The Kier molecular flexibility index (Phi) is 9.30. The Bertz CT molecular complexity index is 1120. The monoisotopic (exact) mass is 555 g/mol. The van der Waals surface area contributed by atoms with Crippen molar-refractivity contribution in [2.24, 2.45) is 4.99 Å². The van der Waals surface area contributed by atoms with Gasteiger partial charge in [0.15, 0.2) is 15.8 Å². The average molecular weight is 555 g/mol. The molecule has 9 heteroatoms. The van der Waals surface area contributed by atoms with Gasteiger partial charge in [-0.25, -0.2) is 13.4 Å². The number of benzene rings is 2. The van der Waals surface area contributed by atoms with Crippen LogP contribution < -0.4 is 10.6 Å². The van der Waals surface area contributed by atoms with Gasteiger partial charge in [-0.3, -0.25) is 4.99 Å². The van der Waals surface area contributed by atoms with Crippen LogP contribution in [0.4, 0.5) is 0 Å². The summed E-state index contributed by atoms with van der Waals surface area (Å²) in [5.41, 5.74) is 4.06. The number of para-hydroxylation sites is 2. The van der Waals surface area contributed by atoms with Gasteiger partial charge in [0.2, 0.25) is 0 Å². The lowest BCUT2D eigenvalue weighted by Gasteiger charge is -2.13. The van der Waals surface area contributed by atoms with E-state index in [0.717, 1.165) is 53.5 Å². The maximum Gasteiger partial charge on any atom is 0.191 e. The molecule has 0 unspecified atom stereocenters. The van der Waals surface area contributed by atoms with E-state index in [1.54, 1.807) is 7.05 Å². The van der Waals surface area contributed by atoms with E-state index in [-0.39, 0.29) is 29.7 Å². The highest BCUT2D eigenvalue weighted by atomic mass is 127. The van der Waals surface area contributed by atoms with E-state index in [9.17, 15) is 8.42 Å². The summed E-state index contributed by atoms with van der Waals surface area (Å²) in [7, 11) is -1.27. The number of aliphatic imine (C=N–C) groups is 1. The average Bonchev–Trinajstić information content (AvgIpc) is 3.02. The number of rotatable bonds is 8. The summed E-state index contributed by atoms with van der Waals surface area (Å²) in [4.78, 5) is 8.87. The molecule has 2 N–H and O–H groups in total. The van der Waals surface area contributed by atoms with Crippen LogP contribution in [-0.4, -0.2) is 43.8 Å². The Morgan fingerprint density at radius 2 is 1.74 bits per heavy atom. The standard InChI is InChI=1S/C22H29N5O2S.HI/c1-17-26-20-7-4-5-8-21(20)27(17)14-6-13-24-22(23-2)25-15-18-9-11-19(12-10-18)16-30(3,28)29;/h4-5,7-12H,6,13-16H2,1-3H3,(H2,23,24,25);1H. The number of halogens is 1. The lowest BCUT2D eigenvalue weighted by Crippen LogP contribution is -2.37. The molecule has 0 saturated heterocycles. The van der Waals surface area contributed by atoms with Crippen molar-refractivity contribution < 1.29 is 8.42 Å². The van der Waals surface area contributed by atoms with E-state index in [4.69, 9.17) is 0 Å². The maximum absolute atomic E-state index is 11.4. The van der Waals surface area contributed by atoms with Gasteiger partial charge in [0.25, 0.3) is 0 Å². The van der Waals surface area contributed by atoms with Crippen molar-refractivity contribution in [3.63, 3.8) is 0 Å². The minimum atomic E-state index is -3.01. The van der Waals surface area contributed by atoms with Crippen LogP contribution in [0.2, 0.25) is 0 Å². The molecule has 3 aromatic rings. The minimum Gasteiger partial charge on any atom is -0.356 e. The molecule has 0 amide bonds. The number of imidazole rings is 1. The molecule has 7 nitrogen and oxygen atoms in total. The Morgan fingerprint density at radius 3 is 2.42 bits per heavy atom. The highest BCUT2D eigenvalue weighted by Gasteiger charge is 2.07. The van der Waals surface area contributed by atoms with Crippen LogP contribution in [0, 0.1) is 6.92 Å². The molecule has 0 aliphatic carbocycles. The van der Waals surface area contributed by atoms with Gasteiger partial charge in [-0.1, -0.05) is 36.4 Å². The SMILES string of the molecule is CN=C(NCCCn1c(C)nc2ccccc21)NCc1ccc(CS(C)(=O)=O)cc1.I.